The van der Waals surface area contributed by atoms with E-state index in [2.05, 4.69) is 70.7 Å². The minimum absolute atomic E-state index is 0.000350. The van der Waals surface area contributed by atoms with Crippen LogP contribution in [0.1, 0.15) is 34.6 Å². The van der Waals surface area contributed by atoms with Gasteiger partial charge in [0, 0.05) is 32.2 Å². The van der Waals surface area contributed by atoms with Gasteiger partial charge in [-0.05, 0) is 68.7 Å². The number of hydrogen-bond acceptors (Lipinski definition) is 6. The highest BCUT2D eigenvalue weighted by Crippen LogP contribution is 2.33. The van der Waals surface area contributed by atoms with E-state index in [1.54, 1.807) is 0 Å². The van der Waals surface area contributed by atoms with E-state index in [-0.39, 0.29) is 18.2 Å². The van der Waals surface area contributed by atoms with Crippen LogP contribution in [0.2, 0.25) is 25.7 Å². The van der Waals surface area contributed by atoms with Crippen LogP contribution in [-0.2, 0) is 16.2 Å². The number of ether oxygens (including phenoxy) is 2. The van der Waals surface area contributed by atoms with Gasteiger partial charge in [-0.25, -0.2) is 9.48 Å². The van der Waals surface area contributed by atoms with Crippen molar-refractivity contribution in [1.29, 1.82) is 0 Å². The molecule has 0 bridgehead atoms. The van der Waals surface area contributed by atoms with Crippen LogP contribution in [0.3, 0.4) is 0 Å². The molecule has 2 atom stereocenters. The molecule has 10 heteroatoms. The first-order valence-electron chi connectivity index (χ1n) is 11.6. The molecule has 33 heavy (non-hydrogen) atoms. The van der Waals surface area contributed by atoms with Crippen molar-refractivity contribution in [2.75, 3.05) is 24.6 Å². The predicted molar refractivity (Wildman–Crippen MR) is 139 cm³/mol. The Hall–Kier alpha value is -1.65. The van der Waals surface area contributed by atoms with Gasteiger partial charge in [0.1, 0.15) is 23.4 Å². The van der Waals surface area contributed by atoms with E-state index in [0.717, 1.165) is 33.8 Å². The number of benzene rings is 1. The molecule has 1 aromatic heterocycles. The zero-order chi connectivity index (χ0) is 24.6. The quantitative estimate of drug-likeness (QED) is 0.364. The first kappa shape index (κ1) is 26.0. The van der Waals surface area contributed by atoms with E-state index in [1.807, 2.05) is 36.4 Å². The van der Waals surface area contributed by atoms with Crippen molar-refractivity contribution in [1.82, 2.24) is 19.9 Å². The van der Waals surface area contributed by atoms with E-state index in [4.69, 9.17) is 9.47 Å². The van der Waals surface area contributed by atoms with Gasteiger partial charge in [0.15, 0.2) is 0 Å². The molecular formula is C23H38BrN5O3Si. The van der Waals surface area contributed by atoms with E-state index in [1.165, 1.54) is 0 Å². The Kier molecular flexibility index (Phi) is 7.80. The third-order valence-electron chi connectivity index (χ3n) is 5.67. The largest absolute Gasteiger partial charge is 0.444 e. The van der Waals surface area contributed by atoms with Crippen molar-refractivity contribution in [3.05, 3.63) is 16.6 Å². The van der Waals surface area contributed by atoms with E-state index in [9.17, 15) is 4.79 Å². The number of amides is 1. The Balaban J connectivity index is 1.82. The number of hydrogen-bond donors (Lipinski definition) is 0. The van der Waals surface area contributed by atoms with Crippen LogP contribution >= 0.6 is 15.9 Å². The fourth-order valence-electron chi connectivity index (χ4n) is 4.11. The lowest BCUT2D eigenvalue weighted by atomic mass is 10.1. The van der Waals surface area contributed by atoms with Crippen molar-refractivity contribution in [2.24, 2.45) is 0 Å². The van der Waals surface area contributed by atoms with Crippen LogP contribution < -0.4 is 4.90 Å². The normalized spacial score (nSPS) is 19.9. The molecule has 1 aliphatic heterocycles. The molecule has 1 saturated heterocycles. The summed E-state index contributed by atoms with van der Waals surface area (Å²) in [7, 11) is -1.15. The molecule has 2 heterocycles. The van der Waals surface area contributed by atoms with Gasteiger partial charge in [0.2, 0.25) is 0 Å². The summed E-state index contributed by atoms with van der Waals surface area (Å²) < 4.78 is 14.4. The van der Waals surface area contributed by atoms with Crippen molar-refractivity contribution in [3.63, 3.8) is 0 Å². The molecule has 2 aromatic rings. The summed E-state index contributed by atoms with van der Waals surface area (Å²) in [5.74, 6) is 0. The summed E-state index contributed by atoms with van der Waals surface area (Å²) in [6.45, 7) is 19.3. The number of fused-ring (bicyclic) bond motifs is 1. The third kappa shape index (κ3) is 6.48. The molecule has 1 amide bonds. The Morgan fingerprint density at radius 2 is 1.82 bits per heavy atom. The number of nitrogens with zero attached hydrogens (tertiary/aromatic N) is 5. The second-order valence-electron chi connectivity index (χ2n) is 11.2. The minimum Gasteiger partial charge on any atom is -0.444 e. The number of piperazine rings is 1. The summed E-state index contributed by atoms with van der Waals surface area (Å²) in [6, 6.07) is 5.21. The van der Waals surface area contributed by atoms with Gasteiger partial charge >= 0.3 is 6.09 Å². The zero-order valence-electron chi connectivity index (χ0n) is 21.2. The Labute approximate surface area is 206 Å². The first-order chi connectivity index (χ1) is 15.3. The monoisotopic (exact) mass is 539 g/mol. The van der Waals surface area contributed by atoms with Gasteiger partial charge in [-0.1, -0.05) is 24.9 Å². The summed E-state index contributed by atoms with van der Waals surface area (Å²) >= 11 is 3.62. The number of anilines is 1. The molecule has 0 N–H and O–H groups in total. The molecule has 0 aliphatic carbocycles. The molecular weight excluding hydrogens is 502 g/mol. The van der Waals surface area contributed by atoms with Crippen molar-refractivity contribution in [3.8, 4) is 0 Å². The fraction of sp³-hybridized carbons (Fsp3) is 0.696. The van der Waals surface area contributed by atoms with Crippen LogP contribution in [0.5, 0.6) is 0 Å². The van der Waals surface area contributed by atoms with Crippen molar-refractivity contribution < 1.29 is 14.3 Å². The smallest absolute Gasteiger partial charge is 0.410 e. The lowest BCUT2D eigenvalue weighted by Crippen LogP contribution is -2.59. The number of rotatable bonds is 6. The zero-order valence-corrected chi connectivity index (χ0v) is 23.8. The van der Waals surface area contributed by atoms with Gasteiger partial charge < -0.3 is 14.4 Å². The van der Waals surface area contributed by atoms with Gasteiger partial charge in [0.25, 0.3) is 0 Å². The van der Waals surface area contributed by atoms with Gasteiger partial charge in [-0.15, -0.1) is 5.10 Å². The highest BCUT2D eigenvalue weighted by atomic mass is 79.9. The second-order valence-corrected chi connectivity index (χ2v) is 17.7. The highest BCUT2D eigenvalue weighted by molar-refractivity contribution is 9.10. The molecule has 8 nitrogen and oxygen atoms in total. The summed E-state index contributed by atoms with van der Waals surface area (Å²) in [4.78, 5) is 17.0. The average molecular weight is 541 g/mol. The van der Waals surface area contributed by atoms with Crippen molar-refractivity contribution in [2.45, 2.75) is 84.7 Å². The van der Waals surface area contributed by atoms with Crippen LogP contribution in [0.15, 0.2) is 16.6 Å². The predicted octanol–water partition coefficient (Wildman–Crippen LogP) is 5.34. The van der Waals surface area contributed by atoms with E-state index in [0.29, 0.717) is 19.8 Å². The molecule has 0 unspecified atom stereocenters. The third-order valence-corrected chi connectivity index (χ3v) is 8.01. The maximum absolute atomic E-state index is 12.8. The van der Waals surface area contributed by atoms with Gasteiger partial charge in [-0.3, -0.25) is 4.90 Å². The topological polar surface area (TPSA) is 72.7 Å². The molecule has 184 valence electrons. The van der Waals surface area contributed by atoms with Gasteiger partial charge in [-0.2, -0.15) is 0 Å². The summed E-state index contributed by atoms with van der Waals surface area (Å²) in [6.07, 6.45) is -0.259. The molecule has 0 radical (unpaired) electrons. The van der Waals surface area contributed by atoms with Crippen LogP contribution in [0, 0.1) is 0 Å². The fourth-order valence-corrected chi connectivity index (χ4v) is 5.26. The number of carbonyl (C=O) groups excluding carboxylic acids is 1. The highest BCUT2D eigenvalue weighted by Gasteiger charge is 2.36. The van der Waals surface area contributed by atoms with Crippen LogP contribution in [-0.4, -0.2) is 71.4 Å². The Morgan fingerprint density at radius 1 is 1.18 bits per heavy atom. The van der Waals surface area contributed by atoms with E-state index < -0.39 is 13.7 Å². The number of aromatic nitrogens is 3. The summed E-state index contributed by atoms with van der Waals surface area (Å²) in [5.41, 5.74) is 2.30. The lowest BCUT2D eigenvalue weighted by molar-refractivity contribution is 0.00567. The average Bonchev–Trinajstić information content (AvgIpc) is 3.07. The SMILES string of the molecule is C[C@H]1CN(c2ccc(Br)c3nnn(COCC[Si](C)(C)C)c23)C[C@H](C)N1C(=O)OC(C)(C)C. The van der Waals surface area contributed by atoms with Crippen molar-refractivity contribution >= 4 is 46.8 Å². The molecule has 1 aliphatic rings. The standard InChI is InChI=1S/C23H38BrN5O3Si/c1-16-13-27(14-17(2)29(16)22(30)32-23(3,4)5)19-10-9-18(24)20-21(19)28(26-25-20)15-31-11-12-33(6,7)8/h9-10,16-17H,11-15H2,1-8H3/t16-,17-/m0/s1. The maximum atomic E-state index is 12.8. The Morgan fingerprint density at radius 3 is 2.39 bits per heavy atom. The molecule has 0 saturated carbocycles. The second kappa shape index (κ2) is 9.91. The van der Waals surface area contributed by atoms with Crippen LogP contribution in [0.4, 0.5) is 10.5 Å². The molecule has 1 fully saturated rings. The molecule has 0 spiro atoms. The van der Waals surface area contributed by atoms with Gasteiger partial charge in [0.05, 0.1) is 17.8 Å². The van der Waals surface area contributed by atoms with E-state index >= 15 is 0 Å². The number of carbonyl (C=O) groups is 1. The summed E-state index contributed by atoms with van der Waals surface area (Å²) in [5, 5.41) is 8.79. The first-order valence-corrected chi connectivity index (χ1v) is 16.1. The lowest BCUT2D eigenvalue weighted by Gasteiger charge is -2.45. The maximum Gasteiger partial charge on any atom is 0.410 e. The van der Waals surface area contributed by atoms with Crippen LogP contribution in [0.25, 0.3) is 11.0 Å². The molecule has 3 rings (SSSR count). The Bertz CT molecular complexity index is 973. The molecule has 1 aromatic carbocycles. The minimum atomic E-state index is -1.15. The number of halogens is 1.